The molecule has 3 aliphatic heterocycles. The van der Waals surface area contributed by atoms with Crippen LogP contribution in [0, 0.1) is 12.7 Å². The summed E-state index contributed by atoms with van der Waals surface area (Å²) in [7, 11) is 0. The number of hydrogen-bond donors (Lipinski definition) is 0. The Balaban J connectivity index is 1.33. The molecule has 0 N–H and O–H groups in total. The second-order valence-electron chi connectivity index (χ2n) is 12.7. The Morgan fingerprint density at radius 1 is 1.09 bits per heavy atom. The summed E-state index contributed by atoms with van der Waals surface area (Å²) in [5.74, 6) is -2.94. The van der Waals surface area contributed by atoms with Crippen LogP contribution in [0.1, 0.15) is 31.7 Å². The maximum Gasteiger partial charge on any atom is 0.319 e. The molecule has 3 aliphatic rings. The quantitative estimate of drug-likeness (QED) is 0.235. The van der Waals surface area contributed by atoms with E-state index < -0.39 is 17.3 Å². The number of fused-ring (bicyclic) bond motifs is 3. The molecule has 3 aromatic carbocycles. The zero-order valence-electron chi connectivity index (χ0n) is 25.5. The van der Waals surface area contributed by atoms with Gasteiger partial charge in [0.1, 0.15) is 17.9 Å². The lowest BCUT2D eigenvalue weighted by Gasteiger charge is -2.40. The molecule has 4 heterocycles. The van der Waals surface area contributed by atoms with Gasteiger partial charge in [-0.3, -0.25) is 9.69 Å². The number of amides is 1. The van der Waals surface area contributed by atoms with E-state index in [1.54, 1.807) is 11.0 Å². The summed E-state index contributed by atoms with van der Waals surface area (Å²) in [4.78, 5) is 27.3. The van der Waals surface area contributed by atoms with Gasteiger partial charge in [-0.25, -0.2) is 13.2 Å². The van der Waals surface area contributed by atoms with Crippen molar-refractivity contribution in [1.29, 1.82) is 0 Å². The van der Waals surface area contributed by atoms with E-state index in [9.17, 15) is 13.6 Å². The van der Waals surface area contributed by atoms with E-state index in [-0.39, 0.29) is 43.0 Å². The van der Waals surface area contributed by atoms with Crippen molar-refractivity contribution in [1.82, 2.24) is 19.8 Å². The van der Waals surface area contributed by atoms with Gasteiger partial charge in [-0.15, -0.1) is 0 Å². The van der Waals surface area contributed by atoms with Gasteiger partial charge < -0.3 is 14.5 Å². The van der Waals surface area contributed by atoms with Gasteiger partial charge in [-0.1, -0.05) is 49.0 Å². The van der Waals surface area contributed by atoms with Gasteiger partial charge >= 0.3 is 6.01 Å². The number of rotatable bonds is 6. The van der Waals surface area contributed by atoms with Crippen molar-refractivity contribution >= 4 is 33.4 Å². The van der Waals surface area contributed by atoms with E-state index >= 15 is 4.39 Å². The molecule has 1 amide bonds. The number of piperazine rings is 1. The lowest BCUT2D eigenvalue weighted by molar-refractivity contribution is -0.126. The molecule has 0 radical (unpaired) electrons. The van der Waals surface area contributed by atoms with Crippen LogP contribution in [-0.4, -0.2) is 82.5 Å². The summed E-state index contributed by atoms with van der Waals surface area (Å²) in [5.41, 5.74) is 1.50. The van der Waals surface area contributed by atoms with Crippen LogP contribution in [0.15, 0.2) is 61.2 Å². The molecule has 234 valence electrons. The number of carbonyl (C=O) groups is 1. The molecule has 10 heteroatoms. The van der Waals surface area contributed by atoms with Crippen molar-refractivity contribution in [2.24, 2.45) is 0 Å². The molecule has 0 spiro atoms. The molecule has 0 aliphatic carbocycles. The third kappa shape index (κ3) is 5.09. The topological polar surface area (TPSA) is 61.8 Å². The maximum absolute atomic E-state index is 16.8. The fourth-order valence-electron chi connectivity index (χ4n) is 7.64. The molecule has 7 nitrogen and oxygen atoms in total. The summed E-state index contributed by atoms with van der Waals surface area (Å²) in [5, 5.41) is 2.49. The number of carbonyl (C=O) groups excluding carboxylic acids is 1. The normalized spacial score (nSPS) is 23.1. The third-order valence-electron chi connectivity index (χ3n) is 9.78. The van der Waals surface area contributed by atoms with Crippen molar-refractivity contribution in [2.45, 2.75) is 50.6 Å². The summed E-state index contributed by atoms with van der Waals surface area (Å²) < 4.78 is 51.9. The van der Waals surface area contributed by atoms with Gasteiger partial charge in [0.15, 0.2) is 5.82 Å². The highest BCUT2D eigenvalue weighted by atomic mass is 19.3. The van der Waals surface area contributed by atoms with E-state index in [0.29, 0.717) is 49.4 Å². The number of benzene rings is 3. The second kappa shape index (κ2) is 11.0. The van der Waals surface area contributed by atoms with Gasteiger partial charge in [-0.05, 0) is 67.3 Å². The maximum atomic E-state index is 16.8. The highest BCUT2D eigenvalue weighted by Crippen LogP contribution is 2.46. The average Bonchev–Trinajstić information content (AvgIpc) is 3.51. The number of aryl methyl sites for hydroxylation is 1. The first-order valence-electron chi connectivity index (χ1n) is 15.5. The Morgan fingerprint density at radius 2 is 1.89 bits per heavy atom. The number of ether oxygens (including phenoxy) is 1. The molecule has 45 heavy (non-hydrogen) atoms. The Kier molecular flexibility index (Phi) is 7.23. The molecule has 0 unspecified atom stereocenters. The van der Waals surface area contributed by atoms with Gasteiger partial charge in [0.05, 0.1) is 12.1 Å². The van der Waals surface area contributed by atoms with Crippen LogP contribution in [0.4, 0.5) is 19.0 Å². The summed E-state index contributed by atoms with van der Waals surface area (Å²) in [6.45, 7) is 9.25. The van der Waals surface area contributed by atoms with Gasteiger partial charge in [0, 0.05) is 43.0 Å². The lowest BCUT2D eigenvalue weighted by atomic mass is 9.94. The number of anilines is 1. The van der Waals surface area contributed by atoms with Crippen molar-refractivity contribution in [3.8, 4) is 17.1 Å². The molecule has 7 rings (SSSR count). The smallest absolute Gasteiger partial charge is 0.319 e. The van der Waals surface area contributed by atoms with Crippen molar-refractivity contribution in [3.63, 3.8) is 0 Å². The van der Waals surface area contributed by atoms with Crippen LogP contribution in [0.3, 0.4) is 0 Å². The van der Waals surface area contributed by atoms with Gasteiger partial charge in [0.2, 0.25) is 5.91 Å². The first kappa shape index (κ1) is 29.5. The predicted molar refractivity (Wildman–Crippen MR) is 169 cm³/mol. The minimum Gasteiger partial charge on any atom is -0.461 e. The van der Waals surface area contributed by atoms with Gasteiger partial charge in [-0.2, -0.15) is 9.97 Å². The molecule has 2 atom stereocenters. The first-order valence-corrected chi connectivity index (χ1v) is 15.5. The number of hydrogen-bond acceptors (Lipinski definition) is 6. The van der Waals surface area contributed by atoms with E-state index in [0.717, 1.165) is 28.3 Å². The Bertz CT molecular complexity index is 1830. The summed E-state index contributed by atoms with van der Waals surface area (Å²) >= 11 is 0. The molecule has 1 aromatic heterocycles. The van der Waals surface area contributed by atoms with E-state index in [2.05, 4.69) is 11.6 Å². The highest BCUT2D eigenvalue weighted by molar-refractivity contribution is 6.02. The van der Waals surface area contributed by atoms with Crippen molar-refractivity contribution < 1.29 is 22.7 Å². The minimum atomic E-state index is -2.78. The highest BCUT2D eigenvalue weighted by Gasteiger charge is 2.57. The zero-order chi connectivity index (χ0) is 31.5. The van der Waals surface area contributed by atoms with Crippen LogP contribution in [0.5, 0.6) is 6.01 Å². The molecule has 3 saturated heterocycles. The SMILES string of the molecule is C=CC(=O)N1CCN(c2nc(OC[C@@]34CCCN3CC(F)(F)C4)nc3c(F)c(-c4cccc5cccc(C)c45)ccc23)[C@H](C)C1. The molecule has 0 bridgehead atoms. The van der Waals surface area contributed by atoms with Crippen LogP contribution >= 0.6 is 0 Å². The Hall–Kier alpha value is -4.18. The van der Waals surface area contributed by atoms with Crippen LogP contribution in [0.2, 0.25) is 0 Å². The first-order chi connectivity index (χ1) is 21.6. The molecule has 4 aromatic rings. The molecule has 0 saturated carbocycles. The van der Waals surface area contributed by atoms with Crippen LogP contribution in [0.25, 0.3) is 32.8 Å². The number of halogens is 3. The summed E-state index contributed by atoms with van der Waals surface area (Å²) in [6, 6.07) is 15.2. The Labute approximate surface area is 260 Å². The molecule has 3 fully saturated rings. The Morgan fingerprint density at radius 3 is 2.67 bits per heavy atom. The minimum absolute atomic E-state index is 0.00542. The van der Waals surface area contributed by atoms with Crippen LogP contribution < -0.4 is 9.64 Å². The fourth-order valence-corrected chi connectivity index (χ4v) is 7.64. The number of aromatic nitrogens is 2. The lowest BCUT2D eigenvalue weighted by Crippen LogP contribution is -2.53. The molecular weight excluding hydrogens is 579 g/mol. The van der Waals surface area contributed by atoms with Crippen molar-refractivity contribution in [3.05, 3.63) is 72.6 Å². The summed E-state index contributed by atoms with van der Waals surface area (Å²) in [6.07, 6.45) is 2.43. The number of nitrogens with zero attached hydrogens (tertiary/aromatic N) is 5. The number of alkyl halides is 2. The molecular formula is C35H36F3N5O2. The monoisotopic (exact) mass is 615 g/mol. The van der Waals surface area contributed by atoms with E-state index in [4.69, 9.17) is 9.72 Å². The third-order valence-corrected chi connectivity index (χ3v) is 9.78. The predicted octanol–water partition coefficient (Wildman–Crippen LogP) is 6.37. The second-order valence-corrected chi connectivity index (χ2v) is 12.7. The van der Waals surface area contributed by atoms with Crippen molar-refractivity contribution in [2.75, 3.05) is 44.2 Å². The van der Waals surface area contributed by atoms with E-state index in [1.807, 2.05) is 66.1 Å². The van der Waals surface area contributed by atoms with Gasteiger partial charge in [0.25, 0.3) is 5.92 Å². The zero-order valence-corrected chi connectivity index (χ0v) is 25.5. The largest absolute Gasteiger partial charge is 0.461 e. The average molecular weight is 616 g/mol. The van der Waals surface area contributed by atoms with Crippen LogP contribution in [-0.2, 0) is 4.79 Å². The fraction of sp³-hybridized carbons (Fsp3) is 0.400. The van der Waals surface area contributed by atoms with E-state index in [1.165, 1.54) is 6.08 Å². The standard InChI is InChI=1S/C35H36F3N5O2/c1-4-28(44)41-16-17-43(23(3)18-41)32-27-13-12-26(25-11-6-10-24-9-5-8-22(2)29(24)25)30(36)31(27)39-33(40-32)45-21-34-14-7-15-42(34)20-35(37,38)19-34/h4-6,8-13,23H,1,7,14-21H2,2-3H3/t23-,34+/m1/s1.